The van der Waals surface area contributed by atoms with Crippen molar-refractivity contribution in [1.29, 1.82) is 0 Å². The van der Waals surface area contributed by atoms with Gasteiger partial charge in [0, 0.05) is 31.7 Å². The summed E-state index contributed by atoms with van der Waals surface area (Å²) in [5, 5.41) is 9.20. The number of rotatable bonds is 13. The van der Waals surface area contributed by atoms with Crippen LogP contribution in [0.2, 0.25) is 0 Å². The summed E-state index contributed by atoms with van der Waals surface area (Å²) in [7, 11) is 1.37. The van der Waals surface area contributed by atoms with Gasteiger partial charge >= 0.3 is 18.3 Å². The van der Waals surface area contributed by atoms with E-state index in [1.165, 1.54) is 54.5 Å². The van der Waals surface area contributed by atoms with Gasteiger partial charge in [-0.25, -0.2) is 4.79 Å². The van der Waals surface area contributed by atoms with E-state index in [2.05, 4.69) is 4.90 Å². The number of thiocarbonyl (C=S) groups is 1. The summed E-state index contributed by atoms with van der Waals surface area (Å²) in [6.45, 7) is 3.57. The lowest BCUT2D eigenvalue weighted by Gasteiger charge is -2.26. The molecule has 0 spiro atoms. The van der Waals surface area contributed by atoms with Gasteiger partial charge in [-0.3, -0.25) is 14.6 Å². The fourth-order valence-electron chi connectivity index (χ4n) is 5.36. The Kier molecular flexibility index (Phi) is 12.4. The summed E-state index contributed by atoms with van der Waals surface area (Å²) in [5.41, 5.74) is -2.91. The SMILES string of the molecule is COc1cc(C(=O)O)ccc1OCCCN1C(=O)C(=Cc2cc(-c3cc(C(F)(F)F)cc(C(F)(F)F)c3)ccc2OCCN2CCOCC2)SC1=S. The largest absolute Gasteiger partial charge is 0.493 e. The van der Waals surface area contributed by atoms with Crippen LogP contribution >= 0.6 is 24.0 Å². The highest BCUT2D eigenvalue weighted by atomic mass is 32.2. The number of carboxylic acid groups (broad SMARTS) is 1. The minimum Gasteiger partial charge on any atom is -0.493 e. The summed E-state index contributed by atoms with van der Waals surface area (Å²) in [5.74, 6) is -0.791. The molecular formula is C35H32F6N2O7S2. The second-order valence-corrected chi connectivity index (χ2v) is 13.2. The van der Waals surface area contributed by atoms with Gasteiger partial charge in [-0.15, -0.1) is 0 Å². The van der Waals surface area contributed by atoms with E-state index in [-0.39, 0.29) is 68.8 Å². The van der Waals surface area contributed by atoms with Crippen LogP contribution in [0.1, 0.15) is 33.5 Å². The minimum atomic E-state index is -5.03. The van der Waals surface area contributed by atoms with E-state index in [0.29, 0.717) is 57.2 Å². The first-order chi connectivity index (χ1) is 24.6. The Morgan fingerprint density at radius 3 is 2.17 bits per heavy atom. The number of morpholine rings is 1. The molecule has 0 unspecified atom stereocenters. The molecule has 0 aromatic heterocycles. The van der Waals surface area contributed by atoms with Crippen molar-refractivity contribution in [2.75, 3.05) is 59.7 Å². The molecule has 3 aromatic rings. The Morgan fingerprint density at radius 1 is 0.885 bits per heavy atom. The molecule has 17 heteroatoms. The van der Waals surface area contributed by atoms with Gasteiger partial charge in [0.2, 0.25) is 0 Å². The van der Waals surface area contributed by atoms with E-state index in [1.807, 2.05) is 0 Å². The standard InChI is InChI=1S/C35H32F6N2O7S2/c1-47-29-18-22(32(45)46)4-6-28(29)49-11-2-7-43-31(44)30(52-33(43)51)19-24-15-21(3-5-27(24)50-14-10-42-8-12-48-13-9-42)23-16-25(34(36,37)38)20-26(17-23)35(39,40)41/h3-6,15-20H,2,7-14H2,1H3,(H,45,46). The van der Waals surface area contributed by atoms with Crippen LogP contribution in [0.15, 0.2) is 59.5 Å². The second kappa shape index (κ2) is 16.6. The van der Waals surface area contributed by atoms with Crippen molar-refractivity contribution >= 4 is 46.3 Å². The molecule has 52 heavy (non-hydrogen) atoms. The normalized spacial score (nSPS) is 16.4. The van der Waals surface area contributed by atoms with Crippen molar-refractivity contribution < 1.29 is 60.0 Å². The molecule has 0 saturated carbocycles. The molecule has 2 aliphatic rings. The molecule has 0 atom stereocenters. The van der Waals surface area contributed by atoms with Crippen LogP contribution < -0.4 is 14.2 Å². The minimum absolute atomic E-state index is 0.0191. The first-order valence-corrected chi connectivity index (χ1v) is 17.0. The predicted octanol–water partition coefficient (Wildman–Crippen LogP) is 7.48. The maximum absolute atomic E-state index is 13.6. The van der Waals surface area contributed by atoms with E-state index < -0.39 is 35.4 Å². The summed E-state index contributed by atoms with van der Waals surface area (Å²) in [6, 6.07) is 9.69. The van der Waals surface area contributed by atoms with E-state index in [1.54, 1.807) is 0 Å². The van der Waals surface area contributed by atoms with E-state index in [4.69, 9.17) is 31.2 Å². The lowest BCUT2D eigenvalue weighted by molar-refractivity contribution is -0.143. The highest BCUT2D eigenvalue weighted by molar-refractivity contribution is 8.26. The number of thioether (sulfide) groups is 1. The number of aromatic carboxylic acids is 1. The molecule has 2 aliphatic heterocycles. The lowest BCUT2D eigenvalue weighted by atomic mass is 9.97. The quantitative estimate of drug-likeness (QED) is 0.0816. The Labute approximate surface area is 304 Å². The van der Waals surface area contributed by atoms with Gasteiger partial charge in [-0.05, 0) is 72.2 Å². The van der Waals surface area contributed by atoms with Crippen LogP contribution in [0.4, 0.5) is 26.3 Å². The van der Waals surface area contributed by atoms with Crippen LogP contribution in [0.3, 0.4) is 0 Å². The molecule has 2 heterocycles. The molecule has 278 valence electrons. The first-order valence-electron chi connectivity index (χ1n) is 15.8. The Bertz CT molecular complexity index is 1810. The van der Waals surface area contributed by atoms with Crippen molar-refractivity contribution in [3.05, 3.63) is 81.8 Å². The smallest absolute Gasteiger partial charge is 0.416 e. The van der Waals surface area contributed by atoms with Gasteiger partial charge in [0.25, 0.3) is 5.91 Å². The molecule has 0 bridgehead atoms. The number of ether oxygens (including phenoxy) is 4. The van der Waals surface area contributed by atoms with E-state index in [0.717, 1.165) is 11.8 Å². The van der Waals surface area contributed by atoms with Crippen molar-refractivity contribution in [1.82, 2.24) is 9.80 Å². The Balaban J connectivity index is 1.37. The fourth-order valence-corrected chi connectivity index (χ4v) is 6.66. The highest BCUT2D eigenvalue weighted by Gasteiger charge is 2.37. The molecule has 0 radical (unpaired) electrons. The third-order valence-electron chi connectivity index (χ3n) is 8.05. The number of benzene rings is 3. The Morgan fingerprint density at radius 2 is 1.54 bits per heavy atom. The third kappa shape index (κ3) is 9.76. The third-order valence-corrected chi connectivity index (χ3v) is 9.43. The zero-order chi connectivity index (χ0) is 37.6. The lowest BCUT2D eigenvalue weighted by Crippen LogP contribution is -2.38. The number of hydrogen-bond acceptors (Lipinski definition) is 9. The van der Waals surface area contributed by atoms with Gasteiger partial charge < -0.3 is 24.1 Å². The van der Waals surface area contributed by atoms with Crippen LogP contribution in [-0.4, -0.2) is 90.8 Å². The van der Waals surface area contributed by atoms with Gasteiger partial charge in [-0.1, -0.05) is 30.0 Å². The molecule has 2 saturated heterocycles. The summed E-state index contributed by atoms with van der Waals surface area (Å²) >= 11 is 6.45. The van der Waals surface area contributed by atoms with Gasteiger partial charge in [0.1, 0.15) is 16.7 Å². The van der Waals surface area contributed by atoms with Gasteiger partial charge in [0.15, 0.2) is 11.5 Å². The van der Waals surface area contributed by atoms with Gasteiger partial charge in [-0.2, -0.15) is 26.3 Å². The zero-order valence-corrected chi connectivity index (χ0v) is 29.1. The van der Waals surface area contributed by atoms with Gasteiger partial charge in [0.05, 0.1) is 48.5 Å². The number of amides is 1. The number of halogens is 6. The number of carboxylic acids is 1. The predicted molar refractivity (Wildman–Crippen MR) is 185 cm³/mol. The molecule has 1 N–H and O–H groups in total. The number of nitrogens with zero attached hydrogens (tertiary/aromatic N) is 2. The fraction of sp³-hybridized carbons (Fsp3) is 0.343. The van der Waals surface area contributed by atoms with Crippen LogP contribution in [-0.2, 0) is 21.9 Å². The average molecular weight is 771 g/mol. The monoisotopic (exact) mass is 770 g/mol. The highest BCUT2D eigenvalue weighted by Crippen LogP contribution is 2.41. The molecule has 5 rings (SSSR count). The average Bonchev–Trinajstić information content (AvgIpc) is 3.37. The van der Waals surface area contributed by atoms with Crippen LogP contribution in [0, 0.1) is 0 Å². The topological polar surface area (TPSA) is 97.8 Å². The summed E-state index contributed by atoms with van der Waals surface area (Å²) in [4.78, 5) is 28.4. The second-order valence-electron chi connectivity index (χ2n) is 11.6. The number of methoxy groups -OCH3 is 1. The number of hydrogen-bond donors (Lipinski definition) is 1. The zero-order valence-electron chi connectivity index (χ0n) is 27.5. The summed E-state index contributed by atoms with van der Waals surface area (Å²) in [6.07, 6.45) is -8.28. The number of carbonyl (C=O) groups is 2. The van der Waals surface area contributed by atoms with Crippen molar-refractivity contribution in [3.8, 4) is 28.4 Å². The molecular weight excluding hydrogens is 739 g/mol. The van der Waals surface area contributed by atoms with Crippen molar-refractivity contribution in [2.24, 2.45) is 0 Å². The molecule has 0 aliphatic carbocycles. The van der Waals surface area contributed by atoms with Crippen LogP contribution in [0.5, 0.6) is 17.2 Å². The molecule has 9 nitrogen and oxygen atoms in total. The summed E-state index contributed by atoms with van der Waals surface area (Å²) < 4.78 is 104. The van der Waals surface area contributed by atoms with Crippen molar-refractivity contribution in [2.45, 2.75) is 18.8 Å². The van der Waals surface area contributed by atoms with E-state index in [9.17, 15) is 41.0 Å². The maximum Gasteiger partial charge on any atom is 0.416 e. The van der Waals surface area contributed by atoms with Crippen LogP contribution in [0.25, 0.3) is 17.2 Å². The molecule has 3 aromatic carbocycles. The molecule has 2 fully saturated rings. The number of carbonyl (C=O) groups excluding carboxylic acids is 1. The molecule has 1 amide bonds. The maximum atomic E-state index is 13.6. The van der Waals surface area contributed by atoms with Crippen molar-refractivity contribution in [3.63, 3.8) is 0 Å². The van der Waals surface area contributed by atoms with E-state index >= 15 is 0 Å². The Hall–Kier alpha value is -4.32. The first kappa shape index (κ1) is 38.9. The number of alkyl halides is 6.